The molecule has 1 heterocycles. The van der Waals surface area contributed by atoms with E-state index < -0.39 is 40.5 Å². The first-order chi connectivity index (χ1) is 8.34. The number of aliphatic carboxylic acids is 1. The SMILES string of the molecule is O=C(NC1CCCS(=O)(=O)C1)N[C@@H](CO)C(=O)O. The van der Waals surface area contributed by atoms with E-state index in [4.69, 9.17) is 10.2 Å². The molecule has 2 atom stereocenters. The number of aliphatic hydroxyl groups excluding tert-OH is 1. The number of hydrogen-bond acceptors (Lipinski definition) is 5. The van der Waals surface area contributed by atoms with E-state index in [-0.39, 0.29) is 11.5 Å². The number of carboxylic acid groups (broad SMARTS) is 1. The minimum absolute atomic E-state index is 0.112. The minimum Gasteiger partial charge on any atom is -0.480 e. The van der Waals surface area contributed by atoms with Gasteiger partial charge in [0.2, 0.25) is 0 Å². The van der Waals surface area contributed by atoms with E-state index in [1.54, 1.807) is 0 Å². The van der Waals surface area contributed by atoms with Crippen molar-refractivity contribution in [3.8, 4) is 0 Å². The van der Waals surface area contributed by atoms with Gasteiger partial charge < -0.3 is 20.8 Å². The summed E-state index contributed by atoms with van der Waals surface area (Å²) < 4.78 is 22.6. The van der Waals surface area contributed by atoms with Gasteiger partial charge in [0, 0.05) is 6.04 Å². The molecule has 4 N–H and O–H groups in total. The first-order valence-corrected chi connectivity index (χ1v) is 7.27. The summed E-state index contributed by atoms with van der Waals surface area (Å²) in [5.41, 5.74) is 0. The molecule has 2 amide bonds. The second-order valence-corrected chi connectivity index (χ2v) is 6.37. The van der Waals surface area contributed by atoms with Crippen LogP contribution in [0.1, 0.15) is 12.8 Å². The third-order valence-electron chi connectivity index (χ3n) is 2.58. The molecule has 1 aliphatic rings. The van der Waals surface area contributed by atoms with Gasteiger partial charge in [0.05, 0.1) is 18.1 Å². The summed E-state index contributed by atoms with van der Waals surface area (Å²) >= 11 is 0. The van der Waals surface area contributed by atoms with Crippen molar-refractivity contribution in [2.75, 3.05) is 18.1 Å². The lowest BCUT2D eigenvalue weighted by Gasteiger charge is -2.23. The van der Waals surface area contributed by atoms with E-state index in [0.717, 1.165) is 0 Å². The van der Waals surface area contributed by atoms with E-state index in [1.165, 1.54) is 0 Å². The summed E-state index contributed by atoms with van der Waals surface area (Å²) in [6, 6.07) is -2.71. The van der Waals surface area contributed by atoms with Crippen molar-refractivity contribution in [1.82, 2.24) is 10.6 Å². The molecule has 8 nitrogen and oxygen atoms in total. The van der Waals surface area contributed by atoms with Crippen LogP contribution in [0.4, 0.5) is 4.79 Å². The van der Waals surface area contributed by atoms with Crippen LogP contribution in [-0.4, -0.2) is 60.8 Å². The smallest absolute Gasteiger partial charge is 0.328 e. The summed E-state index contributed by atoms with van der Waals surface area (Å²) in [6.07, 6.45) is 0.999. The van der Waals surface area contributed by atoms with E-state index in [2.05, 4.69) is 5.32 Å². The zero-order valence-electron chi connectivity index (χ0n) is 9.63. The molecule has 1 fully saturated rings. The minimum atomic E-state index is -3.14. The van der Waals surface area contributed by atoms with Crippen LogP contribution in [0.25, 0.3) is 0 Å². The Morgan fingerprint density at radius 1 is 1.39 bits per heavy atom. The third-order valence-corrected chi connectivity index (χ3v) is 4.41. The van der Waals surface area contributed by atoms with Gasteiger partial charge in [-0.25, -0.2) is 18.0 Å². The predicted molar refractivity (Wildman–Crippen MR) is 61.9 cm³/mol. The number of sulfone groups is 1. The number of hydrogen-bond donors (Lipinski definition) is 4. The van der Waals surface area contributed by atoms with E-state index >= 15 is 0 Å². The molecule has 1 saturated heterocycles. The Labute approximate surface area is 104 Å². The zero-order valence-corrected chi connectivity index (χ0v) is 10.4. The first kappa shape index (κ1) is 14.7. The van der Waals surface area contributed by atoms with Crippen LogP contribution < -0.4 is 10.6 Å². The predicted octanol–water partition coefficient (Wildman–Crippen LogP) is -1.69. The van der Waals surface area contributed by atoms with Crippen molar-refractivity contribution in [2.24, 2.45) is 0 Å². The molecule has 9 heteroatoms. The lowest BCUT2D eigenvalue weighted by molar-refractivity contribution is -0.140. The van der Waals surface area contributed by atoms with Crippen LogP contribution in [0.15, 0.2) is 0 Å². The lowest BCUT2D eigenvalue weighted by atomic mass is 10.2. The van der Waals surface area contributed by atoms with Crippen molar-refractivity contribution in [3.63, 3.8) is 0 Å². The standard InChI is InChI=1S/C9H16N2O6S/c12-4-7(8(13)14)11-9(15)10-6-2-1-3-18(16,17)5-6/h6-7,12H,1-5H2,(H,13,14)(H2,10,11,15)/t6?,7-/m0/s1. The molecule has 104 valence electrons. The molecule has 1 rings (SSSR count). The van der Waals surface area contributed by atoms with Gasteiger partial charge in [-0.1, -0.05) is 0 Å². The molecule has 0 aromatic carbocycles. The molecule has 0 saturated carbocycles. The molecule has 0 aliphatic carbocycles. The van der Waals surface area contributed by atoms with Crippen molar-refractivity contribution < 1.29 is 28.2 Å². The quantitative estimate of drug-likeness (QED) is 0.485. The zero-order chi connectivity index (χ0) is 13.8. The van der Waals surface area contributed by atoms with Crippen molar-refractivity contribution in [3.05, 3.63) is 0 Å². The van der Waals surface area contributed by atoms with Gasteiger partial charge >= 0.3 is 12.0 Å². The largest absolute Gasteiger partial charge is 0.480 e. The number of nitrogens with one attached hydrogen (secondary N) is 2. The van der Waals surface area contributed by atoms with Crippen LogP contribution in [-0.2, 0) is 14.6 Å². The fraction of sp³-hybridized carbons (Fsp3) is 0.778. The second-order valence-electron chi connectivity index (χ2n) is 4.14. The van der Waals surface area contributed by atoms with Gasteiger partial charge in [0.1, 0.15) is 0 Å². The molecule has 0 bridgehead atoms. The Hall–Kier alpha value is -1.35. The highest BCUT2D eigenvalue weighted by molar-refractivity contribution is 7.91. The number of carbonyl (C=O) groups is 2. The molecule has 18 heavy (non-hydrogen) atoms. The average Bonchev–Trinajstić information content (AvgIpc) is 2.23. The maximum absolute atomic E-state index is 11.4. The number of aliphatic hydroxyl groups is 1. The molecular weight excluding hydrogens is 264 g/mol. The number of urea groups is 1. The molecule has 0 radical (unpaired) electrons. The Balaban J connectivity index is 2.47. The fourth-order valence-electron chi connectivity index (χ4n) is 1.71. The average molecular weight is 280 g/mol. The van der Waals surface area contributed by atoms with Gasteiger partial charge in [0.15, 0.2) is 15.9 Å². The van der Waals surface area contributed by atoms with Gasteiger partial charge in [-0.3, -0.25) is 0 Å². The highest BCUT2D eigenvalue weighted by Gasteiger charge is 2.27. The molecule has 0 spiro atoms. The Morgan fingerprint density at radius 3 is 2.56 bits per heavy atom. The van der Waals surface area contributed by atoms with Crippen LogP contribution in [0.5, 0.6) is 0 Å². The normalized spacial score (nSPS) is 23.9. The summed E-state index contributed by atoms with van der Waals surface area (Å²) in [5.74, 6) is -1.39. The van der Waals surface area contributed by atoms with Crippen molar-refractivity contribution in [1.29, 1.82) is 0 Å². The second kappa shape index (κ2) is 6.01. The Kier molecular flexibility index (Phi) is 4.91. The summed E-state index contributed by atoms with van der Waals surface area (Å²) in [5, 5.41) is 21.8. The van der Waals surface area contributed by atoms with Crippen LogP contribution >= 0.6 is 0 Å². The van der Waals surface area contributed by atoms with Crippen LogP contribution in [0.3, 0.4) is 0 Å². The van der Waals surface area contributed by atoms with E-state index in [0.29, 0.717) is 12.8 Å². The summed E-state index contributed by atoms with van der Waals surface area (Å²) in [7, 11) is -3.14. The topological polar surface area (TPSA) is 133 Å². The van der Waals surface area contributed by atoms with E-state index in [1.807, 2.05) is 5.32 Å². The Bertz CT molecular complexity index is 421. The molecule has 1 aliphatic heterocycles. The maximum Gasteiger partial charge on any atom is 0.328 e. The van der Waals surface area contributed by atoms with Gasteiger partial charge in [-0.15, -0.1) is 0 Å². The first-order valence-electron chi connectivity index (χ1n) is 5.45. The highest BCUT2D eigenvalue weighted by Crippen LogP contribution is 2.11. The van der Waals surface area contributed by atoms with Crippen LogP contribution in [0.2, 0.25) is 0 Å². The molecule has 1 unspecified atom stereocenters. The Morgan fingerprint density at radius 2 is 2.06 bits per heavy atom. The third kappa shape index (κ3) is 4.49. The van der Waals surface area contributed by atoms with Crippen molar-refractivity contribution >= 4 is 21.8 Å². The highest BCUT2D eigenvalue weighted by atomic mass is 32.2. The van der Waals surface area contributed by atoms with Gasteiger partial charge in [-0.05, 0) is 12.8 Å². The number of carbonyl (C=O) groups excluding carboxylic acids is 1. The van der Waals surface area contributed by atoms with Gasteiger partial charge in [0.25, 0.3) is 0 Å². The lowest BCUT2D eigenvalue weighted by Crippen LogP contribution is -2.52. The molecular formula is C9H16N2O6S. The van der Waals surface area contributed by atoms with Crippen LogP contribution in [0, 0.1) is 0 Å². The van der Waals surface area contributed by atoms with Crippen molar-refractivity contribution in [2.45, 2.75) is 24.9 Å². The monoisotopic (exact) mass is 280 g/mol. The molecule has 0 aromatic heterocycles. The maximum atomic E-state index is 11.4. The number of rotatable bonds is 4. The number of amides is 2. The number of carboxylic acids is 1. The fourth-order valence-corrected chi connectivity index (χ4v) is 3.34. The summed E-state index contributed by atoms with van der Waals surface area (Å²) in [6.45, 7) is -0.730. The molecule has 0 aromatic rings. The van der Waals surface area contributed by atoms with Gasteiger partial charge in [-0.2, -0.15) is 0 Å². The van der Waals surface area contributed by atoms with E-state index in [9.17, 15) is 18.0 Å². The summed E-state index contributed by atoms with van der Waals surface area (Å²) in [4.78, 5) is 22.0.